The van der Waals surface area contributed by atoms with Gasteiger partial charge in [-0.15, -0.1) is 0 Å². The fourth-order valence-corrected chi connectivity index (χ4v) is 2.92. The lowest BCUT2D eigenvalue weighted by atomic mass is 10.1. The molecule has 0 radical (unpaired) electrons. The summed E-state index contributed by atoms with van der Waals surface area (Å²) in [4.78, 5) is 39.9. The molecule has 2 aromatic rings. The van der Waals surface area contributed by atoms with Crippen molar-refractivity contribution in [2.45, 2.75) is 13.8 Å². The van der Waals surface area contributed by atoms with E-state index in [1.807, 2.05) is 32.0 Å². The Labute approximate surface area is 183 Å². The Kier molecular flexibility index (Phi) is 8.57. The molecule has 8 heteroatoms. The number of carbonyl (C=O) groups is 3. The third kappa shape index (κ3) is 7.75. The maximum absolute atomic E-state index is 12.4. The molecular weight excluding hydrogens is 396 g/mol. The zero-order chi connectivity index (χ0) is 23.0. The summed E-state index contributed by atoms with van der Waals surface area (Å²) in [6.07, 6.45) is 0. The van der Waals surface area contributed by atoms with Crippen LogP contribution in [0.4, 0.5) is 11.4 Å². The van der Waals surface area contributed by atoms with E-state index in [2.05, 4.69) is 10.6 Å². The van der Waals surface area contributed by atoms with Gasteiger partial charge in [0.1, 0.15) is 5.75 Å². The van der Waals surface area contributed by atoms with Crippen LogP contribution < -0.4 is 15.4 Å². The zero-order valence-electron chi connectivity index (χ0n) is 18.7. The van der Waals surface area contributed by atoms with E-state index in [4.69, 9.17) is 4.74 Å². The van der Waals surface area contributed by atoms with Gasteiger partial charge in [-0.1, -0.05) is 18.2 Å². The van der Waals surface area contributed by atoms with E-state index < -0.39 is 0 Å². The zero-order valence-corrected chi connectivity index (χ0v) is 18.7. The second-order valence-corrected chi connectivity index (χ2v) is 7.57. The number of likely N-dealkylation sites (N-methyl/N-ethyl adjacent to an activating group) is 2. The third-order valence-electron chi connectivity index (χ3n) is 4.65. The summed E-state index contributed by atoms with van der Waals surface area (Å²) in [6.45, 7) is 3.83. The number of anilines is 2. The van der Waals surface area contributed by atoms with E-state index in [-0.39, 0.29) is 37.4 Å². The fourth-order valence-electron chi connectivity index (χ4n) is 2.92. The Morgan fingerprint density at radius 2 is 1.61 bits per heavy atom. The van der Waals surface area contributed by atoms with E-state index in [1.165, 1.54) is 4.90 Å². The lowest BCUT2D eigenvalue weighted by Crippen LogP contribution is -2.42. The normalized spacial score (nSPS) is 10.5. The van der Waals surface area contributed by atoms with Crippen LogP contribution in [0.25, 0.3) is 0 Å². The molecule has 0 aliphatic rings. The molecule has 8 nitrogen and oxygen atoms in total. The minimum atomic E-state index is -0.275. The molecule has 0 aliphatic carbocycles. The molecule has 0 aliphatic heterocycles. The number of ether oxygens (including phenoxy) is 1. The van der Waals surface area contributed by atoms with Crippen molar-refractivity contribution < 1.29 is 19.1 Å². The first-order chi connectivity index (χ1) is 14.7. The van der Waals surface area contributed by atoms with Crippen molar-refractivity contribution in [2.24, 2.45) is 0 Å². The minimum Gasteiger partial charge on any atom is -0.497 e. The number of nitrogens with one attached hydrogen (secondary N) is 2. The predicted octanol–water partition coefficient (Wildman–Crippen LogP) is 2.28. The van der Waals surface area contributed by atoms with Gasteiger partial charge < -0.3 is 20.3 Å². The molecule has 166 valence electrons. The number of rotatable bonds is 9. The topological polar surface area (TPSA) is 91.0 Å². The highest BCUT2D eigenvalue weighted by molar-refractivity contribution is 5.95. The van der Waals surface area contributed by atoms with E-state index in [0.717, 1.165) is 16.8 Å². The highest BCUT2D eigenvalue weighted by atomic mass is 16.5. The van der Waals surface area contributed by atoms with Gasteiger partial charge in [-0.25, -0.2) is 0 Å². The molecule has 0 unspecified atom stereocenters. The molecule has 2 aromatic carbocycles. The van der Waals surface area contributed by atoms with Crippen LogP contribution in [0.5, 0.6) is 5.75 Å². The van der Waals surface area contributed by atoms with Gasteiger partial charge in [0, 0.05) is 24.5 Å². The van der Waals surface area contributed by atoms with Crippen LogP contribution in [-0.4, -0.2) is 68.4 Å². The molecule has 0 spiro atoms. The molecule has 2 rings (SSSR count). The number of aryl methyl sites for hydroxylation is 2. The van der Waals surface area contributed by atoms with Gasteiger partial charge in [0.05, 0.1) is 26.7 Å². The minimum absolute atomic E-state index is 0.0127. The largest absolute Gasteiger partial charge is 0.497 e. The summed E-state index contributed by atoms with van der Waals surface area (Å²) >= 11 is 0. The summed E-state index contributed by atoms with van der Waals surface area (Å²) in [5, 5.41) is 5.61. The fraction of sp³-hybridized carbons (Fsp3) is 0.348. The third-order valence-corrected chi connectivity index (χ3v) is 4.65. The molecule has 0 heterocycles. The molecular formula is C23H30N4O4. The standard InChI is InChI=1S/C23H30N4O4/c1-16-9-10-17(2)20(11-16)25-22(29)14-27(4)23(30)15-26(3)13-21(28)24-18-7-6-8-19(12-18)31-5/h6-12H,13-15H2,1-5H3,(H,24,28)(H,25,29). The maximum Gasteiger partial charge on any atom is 0.243 e. The van der Waals surface area contributed by atoms with Crippen molar-refractivity contribution in [3.63, 3.8) is 0 Å². The highest BCUT2D eigenvalue weighted by Gasteiger charge is 2.17. The summed E-state index contributed by atoms with van der Waals surface area (Å²) in [7, 11) is 4.79. The molecule has 0 atom stereocenters. The number of methoxy groups -OCH3 is 1. The van der Waals surface area contributed by atoms with Gasteiger partial charge in [-0.05, 0) is 50.2 Å². The summed E-state index contributed by atoms with van der Waals surface area (Å²) < 4.78 is 5.13. The van der Waals surface area contributed by atoms with Gasteiger partial charge in [-0.3, -0.25) is 19.3 Å². The summed E-state index contributed by atoms with van der Waals surface area (Å²) in [6, 6.07) is 12.8. The Balaban J connectivity index is 1.80. The van der Waals surface area contributed by atoms with Crippen LogP contribution in [0, 0.1) is 13.8 Å². The molecule has 0 saturated heterocycles. The van der Waals surface area contributed by atoms with Crippen LogP contribution >= 0.6 is 0 Å². The molecule has 0 saturated carbocycles. The lowest BCUT2D eigenvalue weighted by Gasteiger charge is -2.21. The van der Waals surface area contributed by atoms with Crippen molar-refractivity contribution in [2.75, 3.05) is 51.5 Å². The van der Waals surface area contributed by atoms with Crippen molar-refractivity contribution in [3.05, 3.63) is 53.6 Å². The van der Waals surface area contributed by atoms with Gasteiger partial charge >= 0.3 is 0 Å². The quantitative estimate of drug-likeness (QED) is 0.642. The van der Waals surface area contributed by atoms with E-state index in [1.54, 1.807) is 50.4 Å². The van der Waals surface area contributed by atoms with Gasteiger partial charge in [0.15, 0.2) is 0 Å². The molecule has 2 N–H and O–H groups in total. The average molecular weight is 427 g/mol. The van der Waals surface area contributed by atoms with Crippen LogP contribution in [-0.2, 0) is 14.4 Å². The second kappa shape index (κ2) is 11.1. The van der Waals surface area contributed by atoms with Crippen LogP contribution in [0.3, 0.4) is 0 Å². The first kappa shape index (κ1) is 23.9. The molecule has 31 heavy (non-hydrogen) atoms. The molecule has 0 bridgehead atoms. The predicted molar refractivity (Wildman–Crippen MR) is 121 cm³/mol. The number of hydrogen-bond donors (Lipinski definition) is 2. The van der Waals surface area contributed by atoms with Crippen LogP contribution in [0.2, 0.25) is 0 Å². The van der Waals surface area contributed by atoms with Gasteiger partial charge in [0.25, 0.3) is 0 Å². The number of nitrogens with zero attached hydrogens (tertiary/aromatic N) is 2. The van der Waals surface area contributed by atoms with Crippen molar-refractivity contribution >= 4 is 29.1 Å². The van der Waals surface area contributed by atoms with Crippen molar-refractivity contribution in [1.82, 2.24) is 9.80 Å². The number of amides is 3. The Morgan fingerprint density at radius 3 is 2.32 bits per heavy atom. The van der Waals surface area contributed by atoms with E-state index in [9.17, 15) is 14.4 Å². The smallest absolute Gasteiger partial charge is 0.243 e. The van der Waals surface area contributed by atoms with Gasteiger partial charge in [-0.2, -0.15) is 0 Å². The highest BCUT2D eigenvalue weighted by Crippen LogP contribution is 2.17. The Morgan fingerprint density at radius 1 is 0.903 bits per heavy atom. The van der Waals surface area contributed by atoms with Crippen LogP contribution in [0.1, 0.15) is 11.1 Å². The first-order valence-electron chi connectivity index (χ1n) is 9.91. The molecule has 0 fully saturated rings. The van der Waals surface area contributed by atoms with Crippen LogP contribution in [0.15, 0.2) is 42.5 Å². The van der Waals surface area contributed by atoms with Gasteiger partial charge in [0.2, 0.25) is 17.7 Å². The molecule has 3 amide bonds. The number of hydrogen-bond acceptors (Lipinski definition) is 5. The summed E-state index contributed by atoms with van der Waals surface area (Å²) in [5.74, 6) is -0.142. The average Bonchev–Trinajstić information content (AvgIpc) is 2.70. The lowest BCUT2D eigenvalue weighted by molar-refractivity contribution is -0.134. The van der Waals surface area contributed by atoms with Crippen molar-refractivity contribution in [1.29, 1.82) is 0 Å². The Bertz CT molecular complexity index is 945. The van der Waals surface area contributed by atoms with E-state index in [0.29, 0.717) is 11.4 Å². The first-order valence-corrected chi connectivity index (χ1v) is 9.91. The van der Waals surface area contributed by atoms with E-state index >= 15 is 0 Å². The second-order valence-electron chi connectivity index (χ2n) is 7.57. The Hall–Kier alpha value is -3.39. The van der Waals surface area contributed by atoms with Crippen molar-refractivity contribution in [3.8, 4) is 5.75 Å². The molecule has 0 aromatic heterocycles. The maximum atomic E-state index is 12.4. The number of carbonyl (C=O) groups excluding carboxylic acids is 3. The SMILES string of the molecule is COc1cccc(NC(=O)CN(C)CC(=O)N(C)CC(=O)Nc2cc(C)ccc2C)c1. The number of benzene rings is 2. The summed E-state index contributed by atoms with van der Waals surface area (Å²) in [5.41, 5.74) is 3.34. The monoisotopic (exact) mass is 426 g/mol.